The van der Waals surface area contributed by atoms with Crippen LogP contribution in [-0.2, 0) is 4.84 Å². The minimum Gasteiger partial charge on any atom is -0.496 e. The lowest BCUT2D eigenvalue weighted by atomic mass is 9.97. The zero-order valence-corrected chi connectivity index (χ0v) is 17.7. The molecule has 0 fully saturated rings. The van der Waals surface area contributed by atoms with E-state index in [2.05, 4.69) is 39.1 Å². The molecule has 0 saturated heterocycles. The van der Waals surface area contributed by atoms with Crippen LogP contribution in [0.25, 0.3) is 0 Å². The molecule has 0 radical (unpaired) electrons. The number of aliphatic imine (C=N–C) groups is 1. The van der Waals surface area contributed by atoms with Gasteiger partial charge >= 0.3 is 0 Å². The summed E-state index contributed by atoms with van der Waals surface area (Å²) in [6.07, 6.45) is 2.38. The second-order valence-corrected chi connectivity index (χ2v) is 7.46. The number of hydrogen-bond acceptors (Lipinski definition) is 4. The molecule has 0 amide bonds. The Kier molecular flexibility index (Phi) is 6.16. The van der Waals surface area contributed by atoms with Gasteiger partial charge in [0.25, 0.3) is 0 Å². The van der Waals surface area contributed by atoms with Crippen molar-refractivity contribution < 1.29 is 9.57 Å². The number of rotatable bonds is 6. The van der Waals surface area contributed by atoms with E-state index in [1.807, 2.05) is 55.5 Å². The van der Waals surface area contributed by atoms with Crippen LogP contribution in [0.4, 0.5) is 5.69 Å². The van der Waals surface area contributed by atoms with Gasteiger partial charge in [0.15, 0.2) is 6.10 Å². The normalized spacial score (nSPS) is 16.3. The van der Waals surface area contributed by atoms with Crippen LogP contribution >= 0.6 is 15.9 Å². The van der Waals surface area contributed by atoms with Crippen LogP contribution in [0, 0.1) is 6.92 Å². The van der Waals surface area contributed by atoms with E-state index < -0.39 is 0 Å². The molecule has 3 rings (SSSR count). The topological polar surface area (TPSA) is 46.4 Å². The lowest BCUT2D eigenvalue weighted by Gasteiger charge is -2.16. The maximum Gasteiger partial charge on any atom is 0.161 e. The van der Waals surface area contributed by atoms with Crippen LogP contribution in [0.1, 0.15) is 36.1 Å². The predicted octanol–water partition coefficient (Wildman–Crippen LogP) is 5.24. The highest BCUT2D eigenvalue weighted by atomic mass is 79.9. The SMILES string of the molecule is CCN(C)C=Nc1cc(OC)c(C2CC(c3ccc(Br)cc3)=NO2)cc1C. The molecule has 1 aliphatic heterocycles. The number of hydrogen-bond donors (Lipinski definition) is 0. The largest absolute Gasteiger partial charge is 0.496 e. The molecule has 5 nitrogen and oxygen atoms in total. The molecule has 27 heavy (non-hydrogen) atoms. The molecular weight excluding hydrogens is 406 g/mol. The third kappa shape index (κ3) is 4.50. The van der Waals surface area contributed by atoms with Crippen LogP contribution < -0.4 is 4.74 Å². The monoisotopic (exact) mass is 429 g/mol. The lowest BCUT2D eigenvalue weighted by molar-refractivity contribution is 0.0836. The zero-order chi connectivity index (χ0) is 19.4. The van der Waals surface area contributed by atoms with Gasteiger partial charge in [0.1, 0.15) is 5.75 Å². The first-order chi connectivity index (χ1) is 13.0. The van der Waals surface area contributed by atoms with E-state index in [1.165, 1.54) is 0 Å². The molecule has 0 bridgehead atoms. The molecule has 1 heterocycles. The first-order valence-electron chi connectivity index (χ1n) is 8.93. The number of oxime groups is 1. The molecule has 1 unspecified atom stereocenters. The predicted molar refractivity (Wildman–Crippen MR) is 113 cm³/mol. The Morgan fingerprint density at radius 3 is 2.74 bits per heavy atom. The third-order valence-corrected chi connectivity index (χ3v) is 5.16. The van der Waals surface area contributed by atoms with E-state index >= 15 is 0 Å². The Morgan fingerprint density at radius 1 is 1.33 bits per heavy atom. The van der Waals surface area contributed by atoms with Crippen LogP contribution in [0.15, 0.2) is 51.0 Å². The molecule has 1 atom stereocenters. The van der Waals surface area contributed by atoms with E-state index in [0.717, 1.165) is 44.9 Å². The standard InChI is InChI=1S/C21H24BrN3O2/c1-5-25(3)13-23-18-11-20(26-4)17(10-14(18)2)21-12-19(24-27-21)15-6-8-16(22)9-7-15/h6-11,13,21H,5,12H2,1-4H3. The van der Waals surface area contributed by atoms with Gasteiger partial charge in [-0.05, 0) is 43.2 Å². The summed E-state index contributed by atoms with van der Waals surface area (Å²) in [5.74, 6) is 0.768. The molecule has 0 spiro atoms. The number of benzene rings is 2. The summed E-state index contributed by atoms with van der Waals surface area (Å²) < 4.78 is 6.66. The van der Waals surface area contributed by atoms with Gasteiger partial charge in [0, 0.05) is 36.1 Å². The summed E-state index contributed by atoms with van der Waals surface area (Å²) in [5.41, 5.74) is 4.97. The molecule has 6 heteroatoms. The van der Waals surface area contributed by atoms with Gasteiger partial charge in [-0.25, -0.2) is 4.99 Å². The lowest BCUT2D eigenvalue weighted by Crippen LogP contribution is -2.14. The number of aryl methyl sites for hydroxylation is 1. The molecular formula is C21H24BrN3O2. The van der Waals surface area contributed by atoms with Gasteiger partial charge in [-0.2, -0.15) is 0 Å². The van der Waals surface area contributed by atoms with E-state index in [9.17, 15) is 0 Å². The van der Waals surface area contributed by atoms with E-state index in [-0.39, 0.29) is 6.10 Å². The Hall–Kier alpha value is -2.34. The van der Waals surface area contributed by atoms with Crippen LogP contribution in [0.3, 0.4) is 0 Å². The Morgan fingerprint density at radius 2 is 2.07 bits per heavy atom. The van der Waals surface area contributed by atoms with Gasteiger partial charge in [0.05, 0.1) is 24.8 Å². The summed E-state index contributed by atoms with van der Waals surface area (Å²) in [5, 5.41) is 4.30. The fourth-order valence-corrected chi connectivity index (χ4v) is 3.13. The third-order valence-electron chi connectivity index (χ3n) is 4.63. The van der Waals surface area contributed by atoms with Crippen molar-refractivity contribution in [2.45, 2.75) is 26.4 Å². The molecule has 1 aliphatic rings. The average molecular weight is 430 g/mol. The van der Waals surface area contributed by atoms with Crippen molar-refractivity contribution in [3.05, 3.63) is 57.6 Å². The molecule has 2 aromatic rings. The van der Waals surface area contributed by atoms with Gasteiger partial charge in [0.2, 0.25) is 0 Å². The number of ether oxygens (including phenoxy) is 1. The molecule has 0 N–H and O–H groups in total. The smallest absolute Gasteiger partial charge is 0.161 e. The fourth-order valence-electron chi connectivity index (χ4n) is 2.87. The van der Waals surface area contributed by atoms with Crippen molar-refractivity contribution in [3.8, 4) is 5.75 Å². The quantitative estimate of drug-likeness (QED) is 0.465. The zero-order valence-electron chi connectivity index (χ0n) is 16.1. The second-order valence-electron chi connectivity index (χ2n) is 6.54. The van der Waals surface area contributed by atoms with Gasteiger partial charge < -0.3 is 14.5 Å². The fraction of sp³-hybridized carbons (Fsp3) is 0.333. The molecule has 0 aliphatic carbocycles. The minimum absolute atomic E-state index is 0.159. The number of methoxy groups -OCH3 is 1. The average Bonchev–Trinajstić information content (AvgIpc) is 3.17. The Labute approximate surface area is 168 Å². The van der Waals surface area contributed by atoms with Crippen molar-refractivity contribution in [1.29, 1.82) is 0 Å². The minimum atomic E-state index is -0.159. The van der Waals surface area contributed by atoms with Crippen LogP contribution in [0.2, 0.25) is 0 Å². The summed E-state index contributed by atoms with van der Waals surface area (Å²) in [4.78, 5) is 12.3. The van der Waals surface area contributed by atoms with Crippen LogP contribution in [-0.4, -0.2) is 37.7 Å². The van der Waals surface area contributed by atoms with E-state index in [0.29, 0.717) is 6.42 Å². The van der Waals surface area contributed by atoms with Crippen molar-refractivity contribution >= 4 is 33.7 Å². The molecule has 142 valence electrons. The van der Waals surface area contributed by atoms with E-state index in [1.54, 1.807) is 7.11 Å². The summed E-state index contributed by atoms with van der Waals surface area (Å²) >= 11 is 3.46. The highest BCUT2D eigenvalue weighted by Crippen LogP contribution is 2.38. The summed E-state index contributed by atoms with van der Waals surface area (Å²) in [7, 11) is 3.67. The first kappa shape index (κ1) is 19.4. The highest BCUT2D eigenvalue weighted by molar-refractivity contribution is 9.10. The molecule has 0 aromatic heterocycles. The van der Waals surface area contributed by atoms with Crippen LogP contribution in [0.5, 0.6) is 5.75 Å². The first-order valence-corrected chi connectivity index (χ1v) is 9.72. The van der Waals surface area contributed by atoms with Gasteiger partial charge in [-0.1, -0.05) is 33.2 Å². The van der Waals surface area contributed by atoms with Crippen molar-refractivity contribution in [1.82, 2.24) is 4.90 Å². The van der Waals surface area contributed by atoms with Crippen molar-refractivity contribution in [2.75, 3.05) is 20.7 Å². The van der Waals surface area contributed by atoms with Gasteiger partial charge in [-0.15, -0.1) is 0 Å². The maximum absolute atomic E-state index is 5.74. The Balaban J connectivity index is 1.82. The highest BCUT2D eigenvalue weighted by Gasteiger charge is 2.27. The maximum atomic E-state index is 5.74. The second kappa shape index (κ2) is 8.57. The summed E-state index contributed by atoms with van der Waals surface area (Å²) in [6.45, 7) is 5.04. The van der Waals surface area contributed by atoms with E-state index in [4.69, 9.17) is 9.57 Å². The molecule has 2 aromatic carbocycles. The summed E-state index contributed by atoms with van der Waals surface area (Å²) in [6, 6.07) is 12.2. The van der Waals surface area contributed by atoms with Crippen molar-refractivity contribution in [2.24, 2.45) is 10.1 Å². The molecule has 0 saturated carbocycles. The number of nitrogens with zero attached hydrogens (tertiary/aromatic N) is 3. The van der Waals surface area contributed by atoms with Gasteiger partial charge in [-0.3, -0.25) is 0 Å². The Bertz CT molecular complexity index is 862. The van der Waals surface area contributed by atoms with Crippen molar-refractivity contribution in [3.63, 3.8) is 0 Å². The number of halogens is 1.